The first-order chi connectivity index (χ1) is 10.1. The lowest BCUT2D eigenvalue weighted by molar-refractivity contribution is -0.00344. The second kappa shape index (κ2) is 5.93. The Kier molecular flexibility index (Phi) is 4.18. The predicted molar refractivity (Wildman–Crippen MR) is 81.9 cm³/mol. The van der Waals surface area contributed by atoms with E-state index in [1.165, 1.54) is 50.3 Å². The molecule has 4 heteroatoms. The highest BCUT2D eigenvalue weighted by Crippen LogP contribution is 2.41. The predicted octanol–water partition coefficient (Wildman–Crippen LogP) is 3.20. The lowest BCUT2D eigenvalue weighted by Crippen LogP contribution is -2.62. The van der Waals surface area contributed by atoms with Gasteiger partial charge in [-0.05, 0) is 38.0 Å². The number of benzene rings is 1. The van der Waals surface area contributed by atoms with Crippen molar-refractivity contribution in [2.75, 3.05) is 19.6 Å². The van der Waals surface area contributed by atoms with Crippen LogP contribution in [0.25, 0.3) is 0 Å². The number of halogens is 1. The molecule has 21 heavy (non-hydrogen) atoms. The molecule has 1 aliphatic carbocycles. The molecule has 1 spiro atoms. The van der Waals surface area contributed by atoms with Crippen LogP contribution in [0.3, 0.4) is 0 Å². The molecule has 2 aliphatic rings. The Hall–Kier alpha value is -1.13. The van der Waals surface area contributed by atoms with E-state index >= 15 is 0 Å². The summed E-state index contributed by atoms with van der Waals surface area (Å²) < 4.78 is 13.6. The van der Waals surface area contributed by atoms with Crippen molar-refractivity contribution in [3.63, 3.8) is 0 Å². The summed E-state index contributed by atoms with van der Waals surface area (Å²) in [5.74, 6) is -0.0733. The van der Waals surface area contributed by atoms with Gasteiger partial charge in [0.15, 0.2) is 0 Å². The summed E-state index contributed by atoms with van der Waals surface area (Å²) in [5.41, 5.74) is 0.885. The molecule has 1 aromatic rings. The van der Waals surface area contributed by atoms with E-state index in [-0.39, 0.29) is 23.1 Å². The van der Waals surface area contributed by atoms with Crippen LogP contribution < -0.4 is 5.32 Å². The number of hydrogen-bond donors (Lipinski definition) is 2. The van der Waals surface area contributed by atoms with Crippen molar-refractivity contribution in [2.24, 2.45) is 0 Å². The fourth-order valence-corrected chi connectivity index (χ4v) is 4.17. The van der Waals surface area contributed by atoms with Crippen LogP contribution in [-0.2, 0) is 0 Å². The molecule has 116 valence electrons. The zero-order valence-electron chi connectivity index (χ0n) is 12.7. The Balaban J connectivity index is 1.90. The van der Waals surface area contributed by atoms with E-state index in [9.17, 15) is 9.50 Å². The average Bonchev–Trinajstić information content (AvgIpc) is 2.50. The van der Waals surface area contributed by atoms with E-state index in [0.717, 1.165) is 19.6 Å². The van der Waals surface area contributed by atoms with Crippen LogP contribution in [0, 0.1) is 5.82 Å². The normalized spacial score (nSPS) is 24.1. The van der Waals surface area contributed by atoms with E-state index in [4.69, 9.17) is 0 Å². The molecule has 1 atom stereocenters. The van der Waals surface area contributed by atoms with Gasteiger partial charge < -0.3 is 10.4 Å². The summed E-state index contributed by atoms with van der Waals surface area (Å²) in [6, 6.07) is 4.32. The third-order valence-electron chi connectivity index (χ3n) is 5.28. The van der Waals surface area contributed by atoms with Gasteiger partial charge in [0.05, 0.1) is 0 Å². The van der Waals surface area contributed by atoms with Crippen molar-refractivity contribution in [3.05, 3.63) is 29.6 Å². The smallest absolute Gasteiger partial charge is 0.123 e. The lowest BCUT2D eigenvalue weighted by atomic mass is 9.78. The van der Waals surface area contributed by atoms with Crippen LogP contribution >= 0.6 is 0 Å². The first kappa shape index (κ1) is 14.8. The highest BCUT2D eigenvalue weighted by Gasteiger charge is 2.42. The largest absolute Gasteiger partial charge is 0.508 e. The van der Waals surface area contributed by atoms with E-state index in [1.54, 1.807) is 0 Å². The molecule has 0 amide bonds. The van der Waals surface area contributed by atoms with Crippen LogP contribution in [-0.4, -0.2) is 35.2 Å². The Morgan fingerprint density at radius 2 is 2.05 bits per heavy atom. The number of aromatic hydroxyl groups is 1. The number of hydrogen-bond acceptors (Lipinski definition) is 3. The van der Waals surface area contributed by atoms with Crippen molar-refractivity contribution < 1.29 is 9.50 Å². The summed E-state index contributed by atoms with van der Waals surface area (Å²) in [5, 5.41) is 13.6. The first-order valence-electron chi connectivity index (χ1n) is 8.08. The zero-order valence-corrected chi connectivity index (χ0v) is 12.7. The monoisotopic (exact) mass is 292 g/mol. The van der Waals surface area contributed by atoms with Gasteiger partial charge >= 0.3 is 0 Å². The molecule has 0 aromatic heterocycles. The van der Waals surface area contributed by atoms with Gasteiger partial charge in [0.1, 0.15) is 11.6 Å². The van der Waals surface area contributed by atoms with Gasteiger partial charge in [-0.3, -0.25) is 4.90 Å². The third kappa shape index (κ3) is 2.79. The average molecular weight is 292 g/mol. The van der Waals surface area contributed by atoms with Crippen LogP contribution in [0.5, 0.6) is 5.75 Å². The van der Waals surface area contributed by atoms with Gasteiger partial charge in [0, 0.05) is 36.8 Å². The van der Waals surface area contributed by atoms with E-state index in [0.29, 0.717) is 5.56 Å². The van der Waals surface area contributed by atoms with Gasteiger partial charge in [-0.15, -0.1) is 0 Å². The van der Waals surface area contributed by atoms with Crippen LogP contribution in [0.15, 0.2) is 18.2 Å². The molecule has 1 aliphatic heterocycles. The Labute approximate surface area is 126 Å². The molecule has 2 fully saturated rings. The molecule has 1 unspecified atom stereocenters. The van der Waals surface area contributed by atoms with Gasteiger partial charge in [-0.2, -0.15) is 0 Å². The zero-order chi connectivity index (χ0) is 14.9. The van der Waals surface area contributed by atoms with Crippen LogP contribution in [0.1, 0.15) is 50.6 Å². The number of phenols is 1. The maximum atomic E-state index is 13.6. The summed E-state index contributed by atoms with van der Waals surface area (Å²) >= 11 is 0. The van der Waals surface area contributed by atoms with Gasteiger partial charge in [0.25, 0.3) is 0 Å². The molecule has 3 nitrogen and oxygen atoms in total. The Morgan fingerprint density at radius 3 is 2.81 bits per heavy atom. The minimum atomic E-state index is -0.275. The number of nitrogens with one attached hydrogen (secondary N) is 1. The molecular weight excluding hydrogens is 267 g/mol. The number of rotatable bonds is 2. The Morgan fingerprint density at radius 1 is 1.29 bits per heavy atom. The SMILES string of the molecule is CC(c1cc(F)ccc1O)N1CCNCC12CCCCC2. The summed E-state index contributed by atoms with van der Waals surface area (Å²) in [6.07, 6.45) is 6.23. The summed E-state index contributed by atoms with van der Waals surface area (Å²) in [4.78, 5) is 2.50. The topological polar surface area (TPSA) is 35.5 Å². The lowest BCUT2D eigenvalue weighted by Gasteiger charge is -2.52. The second-order valence-electron chi connectivity index (χ2n) is 6.53. The van der Waals surface area contributed by atoms with Gasteiger partial charge in [0.2, 0.25) is 0 Å². The van der Waals surface area contributed by atoms with Crippen LogP contribution in [0.2, 0.25) is 0 Å². The van der Waals surface area contributed by atoms with Gasteiger partial charge in [-0.1, -0.05) is 19.3 Å². The maximum absolute atomic E-state index is 13.6. The second-order valence-corrected chi connectivity index (χ2v) is 6.53. The fraction of sp³-hybridized carbons (Fsp3) is 0.647. The summed E-state index contributed by atoms with van der Waals surface area (Å²) in [7, 11) is 0. The Bertz CT molecular complexity index is 491. The highest BCUT2D eigenvalue weighted by atomic mass is 19.1. The fourth-order valence-electron chi connectivity index (χ4n) is 4.17. The number of nitrogens with zero attached hydrogens (tertiary/aromatic N) is 1. The van der Waals surface area contributed by atoms with Crippen molar-refractivity contribution >= 4 is 0 Å². The molecule has 1 aromatic carbocycles. The first-order valence-corrected chi connectivity index (χ1v) is 8.08. The molecule has 0 bridgehead atoms. The summed E-state index contributed by atoms with van der Waals surface area (Å²) in [6.45, 7) is 5.02. The van der Waals surface area contributed by atoms with Crippen molar-refractivity contribution in [3.8, 4) is 5.75 Å². The van der Waals surface area contributed by atoms with Gasteiger partial charge in [-0.25, -0.2) is 4.39 Å². The quantitative estimate of drug-likeness (QED) is 0.878. The van der Waals surface area contributed by atoms with Crippen molar-refractivity contribution in [1.82, 2.24) is 10.2 Å². The molecule has 0 radical (unpaired) electrons. The maximum Gasteiger partial charge on any atom is 0.123 e. The number of piperazine rings is 1. The molecular formula is C17H25FN2O. The van der Waals surface area contributed by atoms with Crippen molar-refractivity contribution in [2.45, 2.75) is 50.6 Å². The molecule has 2 N–H and O–H groups in total. The highest BCUT2D eigenvalue weighted by molar-refractivity contribution is 5.35. The minimum Gasteiger partial charge on any atom is -0.508 e. The van der Waals surface area contributed by atoms with E-state index < -0.39 is 0 Å². The van der Waals surface area contributed by atoms with E-state index in [2.05, 4.69) is 17.1 Å². The molecule has 1 saturated carbocycles. The van der Waals surface area contributed by atoms with Crippen molar-refractivity contribution in [1.29, 1.82) is 0 Å². The van der Waals surface area contributed by atoms with E-state index in [1.807, 2.05) is 0 Å². The van der Waals surface area contributed by atoms with Crippen LogP contribution in [0.4, 0.5) is 4.39 Å². The minimum absolute atomic E-state index is 0.0425. The number of phenolic OH excluding ortho intramolecular Hbond substituents is 1. The molecule has 1 saturated heterocycles. The standard InChI is InChI=1S/C17H25FN2O/c1-13(15-11-14(18)5-6-16(15)21)20-10-9-19-12-17(20)7-3-2-4-8-17/h5-6,11,13,19,21H,2-4,7-10,12H2,1H3. The molecule has 1 heterocycles. The third-order valence-corrected chi connectivity index (χ3v) is 5.28. The molecule has 3 rings (SSSR count).